The maximum Gasteiger partial charge on any atom is 0.179 e. The van der Waals surface area contributed by atoms with Gasteiger partial charge >= 0.3 is 0 Å². The smallest absolute Gasteiger partial charge is 0.179 e. The van der Waals surface area contributed by atoms with Crippen molar-refractivity contribution in [2.75, 3.05) is 19.7 Å². The highest BCUT2D eigenvalue weighted by molar-refractivity contribution is 6.31. The number of ketones is 1. The van der Waals surface area contributed by atoms with Crippen molar-refractivity contribution < 1.29 is 9.90 Å². The number of nitrogens with zero attached hydrogens (tertiary/aromatic N) is 1. The van der Waals surface area contributed by atoms with Gasteiger partial charge < -0.3 is 5.11 Å². The zero-order valence-electron chi connectivity index (χ0n) is 11.2. The van der Waals surface area contributed by atoms with Gasteiger partial charge in [0.05, 0.1) is 6.04 Å². The highest BCUT2D eigenvalue weighted by Crippen LogP contribution is 2.21. The molecule has 1 atom stereocenters. The minimum absolute atomic E-state index is 0.116. The Kier molecular flexibility index (Phi) is 4.97. The minimum atomic E-state index is -0.127. The first-order valence-electron chi connectivity index (χ1n) is 6.76. The van der Waals surface area contributed by atoms with E-state index in [1.165, 1.54) is 0 Å². The number of likely N-dealkylation sites (tertiary alicyclic amines) is 1. The predicted molar refractivity (Wildman–Crippen MR) is 76.6 cm³/mol. The van der Waals surface area contributed by atoms with E-state index in [9.17, 15) is 4.79 Å². The van der Waals surface area contributed by atoms with E-state index in [0.29, 0.717) is 16.5 Å². The van der Waals surface area contributed by atoms with E-state index in [2.05, 4.69) is 4.90 Å². The minimum Gasteiger partial charge on any atom is -0.396 e. The lowest BCUT2D eigenvalue weighted by molar-refractivity contribution is 0.0721. The zero-order valence-corrected chi connectivity index (χ0v) is 11.9. The summed E-state index contributed by atoms with van der Waals surface area (Å²) in [5, 5.41) is 9.73. The molecule has 0 spiro atoms. The lowest BCUT2D eigenvalue weighted by Gasteiger charge is -2.34. The highest BCUT2D eigenvalue weighted by atomic mass is 35.5. The van der Waals surface area contributed by atoms with E-state index in [1.54, 1.807) is 18.2 Å². The van der Waals surface area contributed by atoms with Gasteiger partial charge in [-0.15, -0.1) is 0 Å². The third-order valence-electron chi connectivity index (χ3n) is 3.94. The monoisotopic (exact) mass is 281 g/mol. The van der Waals surface area contributed by atoms with Crippen molar-refractivity contribution in [2.45, 2.75) is 25.8 Å². The molecule has 0 aromatic heterocycles. The number of piperidine rings is 1. The Morgan fingerprint density at radius 2 is 2.16 bits per heavy atom. The van der Waals surface area contributed by atoms with Crippen molar-refractivity contribution in [1.82, 2.24) is 4.90 Å². The van der Waals surface area contributed by atoms with Gasteiger partial charge in [0.25, 0.3) is 0 Å². The zero-order chi connectivity index (χ0) is 13.8. The van der Waals surface area contributed by atoms with Crippen LogP contribution in [0.4, 0.5) is 0 Å². The van der Waals surface area contributed by atoms with Crippen LogP contribution in [-0.4, -0.2) is 41.5 Å². The molecule has 0 bridgehead atoms. The van der Waals surface area contributed by atoms with Crippen LogP contribution in [0.5, 0.6) is 0 Å². The summed E-state index contributed by atoms with van der Waals surface area (Å²) in [4.78, 5) is 14.6. The van der Waals surface area contributed by atoms with E-state index in [4.69, 9.17) is 16.7 Å². The number of rotatable bonds is 4. The molecule has 104 valence electrons. The van der Waals surface area contributed by atoms with E-state index in [1.807, 2.05) is 13.0 Å². The molecule has 1 saturated heterocycles. The molecule has 3 nitrogen and oxygen atoms in total. The molecule has 1 fully saturated rings. The van der Waals surface area contributed by atoms with Gasteiger partial charge in [0.15, 0.2) is 5.78 Å². The summed E-state index contributed by atoms with van der Waals surface area (Å²) in [6.45, 7) is 3.95. The second kappa shape index (κ2) is 6.51. The summed E-state index contributed by atoms with van der Waals surface area (Å²) in [6.07, 6.45) is 1.92. The third-order valence-corrected chi connectivity index (χ3v) is 4.18. The maximum absolute atomic E-state index is 12.4. The standard InChI is InChI=1S/C15H20ClNO2/c1-11(17-7-5-12(10-18)6-8-17)15(19)13-3-2-4-14(16)9-13/h2-4,9,11-12,18H,5-8,10H2,1H3. The molecule has 0 aliphatic carbocycles. The van der Waals surface area contributed by atoms with Crippen LogP contribution in [0.2, 0.25) is 5.02 Å². The first kappa shape index (κ1) is 14.5. The van der Waals surface area contributed by atoms with Gasteiger partial charge in [0, 0.05) is 17.2 Å². The van der Waals surface area contributed by atoms with Crippen LogP contribution < -0.4 is 0 Å². The van der Waals surface area contributed by atoms with Crippen molar-refractivity contribution in [3.05, 3.63) is 34.9 Å². The fourth-order valence-electron chi connectivity index (χ4n) is 2.57. The van der Waals surface area contributed by atoms with Gasteiger partial charge in [0.1, 0.15) is 0 Å². The lowest BCUT2D eigenvalue weighted by Crippen LogP contribution is -2.44. The third kappa shape index (κ3) is 3.56. The molecule has 1 heterocycles. The van der Waals surface area contributed by atoms with E-state index < -0.39 is 0 Å². The first-order chi connectivity index (χ1) is 9.11. The molecule has 0 amide bonds. The summed E-state index contributed by atoms with van der Waals surface area (Å²) in [7, 11) is 0. The van der Waals surface area contributed by atoms with Crippen LogP contribution in [0.15, 0.2) is 24.3 Å². The fourth-order valence-corrected chi connectivity index (χ4v) is 2.76. The average Bonchev–Trinajstić information content (AvgIpc) is 2.46. The van der Waals surface area contributed by atoms with Crippen LogP contribution in [0.1, 0.15) is 30.1 Å². The van der Waals surface area contributed by atoms with Crippen molar-refractivity contribution in [2.24, 2.45) is 5.92 Å². The highest BCUT2D eigenvalue weighted by Gasteiger charge is 2.26. The van der Waals surface area contributed by atoms with Crippen LogP contribution in [-0.2, 0) is 0 Å². The van der Waals surface area contributed by atoms with Crippen LogP contribution >= 0.6 is 11.6 Å². The number of halogens is 1. The number of carbonyl (C=O) groups excluding carboxylic acids is 1. The van der Waals surface area contributed by atoms with E-state index in [0.717, 1.165) is 25.9 Å². The van der Waals surface area contributed by atoms with Crippen LogP contribution in [0.3, 0.4) is 0 Å². The van der Waals surface area contributed by atoms with Gasteiger partial charge in [-0.25, -0.2) is 0 Å². The Morgan fingerprint density at radius 3 is 2.74 bits per heavy atom. The number of hydrogen-bond donors (Lipinski definition) is 1. The number of aliphatic hydroxyl groups excluding tert-OH is 1. The number of aliphatic hydroxyl groups is 1. The Bertz CT molecular complexity index is 442. The number of hydrogen-bond acceptors (Lipinski definition) is 3. The average molecular weight is 282 g/mol. The Hall–Kier alpha value is -0.900. The Labute approximate surface area is 119 Å². The number of Topliss-reactive ketones (excluding diaryl/α,β-unsaturated/α-hetero) is 1. The molecule has 0 radical (unpaired) electrons. The topological polar surface area (TPSA) is 40.5 Å². The van der Waals surface area contributed by atoms with Crippen molar-refractivity contribution in [1.29, 1.82) is 0 Å². The van der Waals surface area contributed by atoms with Crippen LogP contribution in [0, 0.1) is 5.92 Å². The van der Waals surface area contributed by atoms with Gasteiger partial charge in [-0.3, -0.25) is 9.69 Å². The Balaban J connectivity index is 2.00. The lowest BCUT2D eigenvalue weighted by atomic mass is 9.95. The molecule has 2 rings (SSSR count). The number of carbonyl (C=O) groups is 1. The summed E-state index contributed by atoms with van der Waals surface area (Å²) in [5.74, 6) is 0.509. The summed E-state index contributed by atoms with van der Waals surface area (Å²) in [6, 6.07) is 6.99. The molecule has 0 saturated carbocycles. The van der Waals surface area contributed by atoms with Crippen LogP contribution in [0.25, 0.3) is 0 Å². The maximum atomic E-state index is 12.4. The van der Waals surface area contributed by atoms with Gasteiger partial charge in [-0.1, -0.05) is 23.7 Å². The summed E-state index contributed by atoms with van der Waals surface area (Å²) < 4.78 is 0. The molecule has 1 unspecified atom stereocenters. The largest absolute Gasteiger partial charge is 0.396 e. The van der Waals surface area contributed by atoms with Crippen molar-refractivity contribution >= 4 is 17.4 Å². The van der Waals surface area contributed by atoms with E-state index in [-0.39, 0.29) is 18.4 Å². The summed E-state index contributed by atoms with van der Waals surface area (Å²) in [5.41, 5.74) is 0.671. The van der Waals surface area contributed by atoms with Crippen molar-refractivity contribution in [3.63, 3.8) is 0 Å². The second-order valence-corrected chi connectivity index (χ2v) is 5.65. The normalized spacial score (nSPS) is 19.3. The quantitative estimate of drug-likeness (QED) is 0.863. The molecule has 1 aliphatic rings. The molecule has 1 aromatic carbocycles. The molecule has 4 heteroatoms. The Morgan fingerprint density at radius 1 is 1.47 bits per heavy atom. The van der Waals surface area contributed by atoms with Crippen molar-refractivity contribution in [3.8, 4) is 0 Å². The molecule has 1 aliphatic heterocycles. The summed E-state index contributed by atoms with van der Waals surface area (Å²) >= 11 is 5.92. The molecule has 1 N–H and O–H groups in total. The van der Waals surface area contributed by atoms with Gasteiger partial charge in [-0.2, -0.15) is 0 Å². The molecular weight excluding hydrogens is 262 g/mol. The predicted octanol–water partition coefficient (Wildman–Crippen LogP) is 2.62. The SMILES string of the molecule is CC(C(=O)c1cccc(Cl)c1)N1CCC(CO)CC1. The second-order valence-electron chi connectivity index (χ2n) is 5.21. The number of benzene rings is 1. The van der Waals surface area contributed by atoms with Gasteiger partial charge in [-0.05, 0) is 50.9 Å². The van der Waals surface area contributed by atoms with Gasteiger partial charge in [0.2, 0.25) is 0 Å². The fraction of sp³-hybridized carbons (Fsp3) is 0.533. The molecule has 19 heavy (non-hydrogen) atoms. The molecular formula is C15H20ClNO2. The molecule has 1 aromatic rings. The first-order valence-corrected chi connectivity index (χ1v) is 7.14. The van der Waals surface area contributed by atoms with E-state index >= 15 is 0 Å².